The fourth-order valence-corrected chi connectivity index (χ4v) is 3.09. The van der Waals surface area contributed by atoms with E-state index < -0.39 is 5.91 Å². The van der Waals surface area contributed by atoms with E-state index in [-0.39, 0.29) is 23.6 Å². The molecule has 1 saturated heterocycles. The molecule has 0 spiro atoms. The minimum atomic E-state index is -0.464. The summed E-state index contributed by atoms with van der Waals surface area (Å²) in [7, 11) is 3.41. The van der Waals surface area contributed by atoms with Crippen molar-refractivity contribution in [3.63, 3.8) is 0 Å². The van der Waals surface area contributed by atoms with Crippen LogP contribution >= 0.6 is 0 Å². The van der Waals surface area contributed by atoms with E-state index in [1.807, 2.05) is 30.3 Å². The number of carbonyl (C=O) groups is 3. The van der Waals surface area contributed by atoms with Crippen molar-refractivity contribution < 1.29 is 14.4 Å². The van der Waals surface area contributed by atoms with E-state index in [1.54, 1.807) is 25.1 Å². The summed E-state index contributed by atoms with van der Waals surface area (Å²) >= 11 is 0. The highest BCUT2D eigenvalue weighted by molar-refractivity contribution is 5.96. The number of likely N-dealkylation sites (tertiary alicyclic amines) is 1. The van der Waals surface area contributed by atoms with E-state index in [0.29, 0.717) is 25.9 Å². The first-order valence-corrected chi connectivity index (χ1v) is 8.88. The predicted molar refractivity (Wildman–Crippen MR) is 101 cm³/mol. The van der Waals surface area contributed by atoms with Crippen molar-refractivity contribution in [2.24, 2.45) is 5.92 Å². The van der Waals surface area contributed by atoms with Gasteiger partial charge >= 0.3 is 6.03 Å². The monoisotopic (exact) mass is 369 g/mol. The van der Waals surface area contributed by atoms with Gasteiger partial charge in [0.2, 0.25) is 5.91 Å². The molecular formula is C19H23N5O3. The molecule has 0 saturated carbocycles. The number of amides is 4. The Balaban J connectivity index is 1.51. The maximum absolute atomic E-state index is 12.3. The summed E-state index contributed by atoms with van der Waals surface area (Å²) in [6.07, 6.45) is 1.13. The molecule has 2 N–H and O–H groups in total. The van der Waals surface area contributed by atoms with Crippen LogP contribution in [0.15, 0.2) is 36.4 Å². The zero-order chi connectivity index (χ0) is 19.4. The topological polar surface area (TPSA) is 94.6 Å². The van der Waals surface area contributed by atoms with Crippen molar-refractivity contribution >= 4 is 28.7 Å². The van der Waals surface area contributed by atoms with Gasteiger partial charge in [0.05, 0.1) is 5.52 Å². The standard InChI is InChI=1S/C19H23N5O3/c1-23(2)19(27)24-11-9-14(10-12-24)17(25)21-22-18(26)16-8-7-13-5-3-4-6-15(13)20-16/h3-8,14H,9-12H2,1-2H3,(H,21,25)(H,22,26). The summed E-state index contributed by atoms with van der Waals surface area (Å²) in [6, 6.07) is 10.9. The number of rotatable bonds is 2. The first kappa shape index (κ1) is 18.6. The van der Waals surface area contributed by atoms with Crippen LogP contribution in [0.2, 0.25) is 0 Å². The Labute approximate surface area is 157 Å². The molecule has 0 unspecified atom stereocenters. The van der Waals surface area contributed by atoms with Gasteiger partial charge in [0, 0.05) is 38.5 Å². The Bertz CT molecular complexity index is 859. The van der Waals surface area contributed by atoms with Gasteiger partial charge in [-0.25, -0.2) is 9.78 Å². The maximum atomic E-state index is 12.3. The SMILES string of the molecule is CN(C)C(=O)N1CCC(C(=O)NNC(=O)c2ccc3ccccc3n2)CC1. The molecule has 4 amide bonds. The highest BCUT2D eigenvalue weighted by atomic mass is 16.2. The predicted octanol–water partition coefficient (Wildman–Crippen LogP) is 1.39. The number of hydrogen-bond acceptors (Lipinski definition) is 4. The van der Waals surface area contributed by atoms with Crippen LogP contribution in [0, 0.1) is 5.92 Å². The van der Waals surface area contributed by atoms with Crippen molar-refractivity contribution in [3.8, 4) is 0 Å². The van der Waals surface area contributed by atoms with Crippen LogP contribution in [-0.4, -0.2) is 59.8 Å². The lowest BCUT2D eigenvalue weighted by Gasteiger charge is -2.32. The molecule has 1 aromatic carbocycles. The average molecular weight is 369 g/mol. The zero-order valence-corrected chi connectivity index (χ0v) is 15.4. The summed E-state index contributed by atoms with van der Waals surface area (Å²) in [6.45, 7) is 1.05. The molecule has 0 aliphatic carbocycles. The lowest BCUT2D eigenvalue weighted by Crippen LogP contribution is -2.49. The third-order valence-electron chi connectivity index (χ3n) is 4.65. The first-order chi connectivity index (χ1) is 13.0. The van der Waals surface area contributed by atoms with Gasteiger partial charge in [-0.15, -0.1) is 0 Å². The number of fused-ring (bicyclic) bond motifs is 1. The number of hydrazine groups is 1. The molecule has 0 bridgehead atoms. The van der Waals surface area contributed by atoms with Gasteiger partial charge in [-0.05, 0) is 25.0 Å². The van der Waals surface area contributed by atoms with E-state index in [2.05, 4.69) is 15.8 Å². The average Bonchev–Trinajstić information content (AvgIpc) is 2.70. The Morgan fingerprint density at radius 1 is 1.04 bits per heavy atom. The minimum Gasteiger partial charge on any atom is -0.331 e. The molecule has 8 heteroatoms. The molecule has 1 aromatic heterocycles. The van der Waals surface area contributed by atoms with Crippen molar-refractivity contribution in [2.45, 2.75) is 12.8 Å². The quantitative estimate of drug-likeness (QED) is 0.782. The summed E-state index contributed by atoms with van der Waals surface area (Å²) in [5.41, 5.74) is 5.85. The van der Waals surface area contributed by atoms with E-state index in [0.717, 1.165) is 10.9 Å². The highest BCUT2D eigenvalue weighted by Gasteiger charge is 2.28. The molecule has 2 aromatic rings. The first-order valence-electron chi connectivity index (χ1n) is 8.88. The summed E-state index contributed by atoms with van der Waals surface area (Å²) in [4.78, 5) is 44.0. The molecule has 0 radical (unpaired) electrons. The molecule has 1 aliphatic heterocycles. The number of piperidine rings is 1. The molecule has 3 rings (SSSR count). The molecule has 1 fully saturated rings. The van der Waals surface area contributed by atoms with Gasteiger partial charge in [-0.1, -0.05) is 24.3 Å². The van der Waals surface area contributed by atoms with Crippen LogP contribution in [0.1, 0.15) is 23.3 Å². The van der Waals surface area contributed by atoms with Crippen LogP contribution in [0.25, 0.3) is 10.9 Å². The molecule has 27 heavy (non-hydrogen) atoms. The van der Waals surface area contributed by atoms with Crippen LogP contribution in [-0.2, 0) is 4.79 Å². The van der Waals surface area contributed by atoms with Crippen LogP contribution in [0.3, 0.4) is 0 Å². The lowest BCUT2D eigenvalue weighted by molar-refractivity contribution is -0.127. The van der Waals surface area contributed by atoms with Crippen molar-refractivity contribution in [1.29, 1.82) is 0 Å². The normalized spacial score (nSPS) is 14.7. The van der Waals surface area contributed by atoms with Gasteiger partial charge < -0.3 is 9.80 Å². The second-order valence-electron chi connectivity index (χ2n) is 6.77. The Hall–Kier alpha value is -3.16. The van der Waals surface area contributed by atoms with E-state index >= 15 is 0 Å². The smallest absolute Gasteiger partial charge is 0.319 e. The number of para-hydroxylation sites is 1. The fourth-order valence-electron chi connectivity index (χ4n) is 3.09. The number of nitrogens with zero attached hydrogens (tertiary/aromatic N) is 3. The number of pyridine rings is 1. The molecule has 142 valence electrons. The zero-order valence-electron chi connectivity index (χ0n) is 15.4. The molecule has 1 aliphatic rings. The highest BCUT2D eigenvalue weighted by Crippen LogP contribution is 2.18. The van der Waals surface area contributed by atoms with E-state index in [9.17, 15) is 14.4 Å². The van der Waals surface area contributed by atoms with Gasteiger partial charge in [0.25, 0.3) is 5.91 Å². The van der Waals surface area contributed by atoms with Crippen molar-refractivity contribution in [1.82, 2.24) is 25.6 Å². The minimum absolute atomic E-state index is 0.0514. The molecule has 0 atom stereocenters. The fraction of sp³-hybridized carbons (Fsp3) is 0.368. The number of benzene rings is 1. The third-order valence-corrected chi connectivity index (χ3v) is 4.65. The van der Waals surface area contributed by atoms with E-state index in [4.69, 9.17) is 0 Å². The van der Waals surface area contributed by atoms with Crippen molar-refractivity contribution in [2.75, 3.05) is 27.2 Å². The molecule has 2 heterocycles. The van der Waals surface area contributed by atoms with Gasteiger partial charge in [-0.2, -0.15) is 0 Å². The second-order valence-corrected chi connectivity index (χ2v) is 6.77. The molecule has 8 nitrogen and oxygen atoms in total. The van der Waals surface area contributed by atoms with Crippen LogP contribution in [0.4, 0.5) is 4.79 Å². The largest absolute Gasteiger partial charge is 0.331 e. The van der Waals surface area contributed by atoms with Crippen molar-refractivity contribution in [3.05, 3.63) is 42.1 Å². The Morgan fingerprint density at radius 3 is 2.44 bits per heavy atom. The second kappa shape index (κ2) is 8.03. The summed E-state index contributed by atoms with van der Waals surface area (Å²) in [5.74, 6) is -0.948. The number of hydrogen-bond donors (Lipinski definition) is 2. The number of urea groups is 1. The third kappa shape index (κ3) is 4.33. The number of nitrogens with one attached hydrogen (secondary N) is 2. The van der Waals surface area contributed by atoms with Gasteiger partial charge in [0.1, 0.15) is 5.69 Å². The Morgan fingerprint density at radius 2 is 1.74 bits per heavy atom. The number of carbonyl (C=O) groups excluding carboxylic acids is 3. The Kier molecular flexibility index (Phi) is 5.54. The molecular weight excluding hydrogens is 346 g/mol. The van der Waals surface area contributed by atoms with E-state index in [1.165, 1.54) is 4.90 Å². The van der Waals surface area contributed by atoms with Gasteiger partial charge in [-0.3, -0.25) is 20.4 Å². The van der Waals surface area contributed by atoms with Crippen LogP contribution < -0.4 is 10.9 Å². The van der Waals surface area contributed by atoms with Gasteiger partial charge in [0.15, 0.2) is 0 Å². The van der Waals surface area contributed by atoms with Crippen LogP contribution in [0.5, 0.6) is 0 Å². The number of aromatic nitrogens is 1. The summed E-state index contributed by atoms with van der Waals surface area (Å²) in [5, 5.41) is 0.942. The maximum Gasteiger partial charge on any atom is 0.319 e. The lowest BCUT2D eigenvalue weighted by atomic mass is 9.96. The summed E-state index contributed by atoms with van der Waals surface area (Å²) < 4.78 is 0.